The second-order valence-electron chi connectivity index (χ2n) is 9.24. The van der Waals surface area contributed by atoms with Gasteiger partial charge in [-0.2, -0.15) is 0 Å². The second-order valence-corrected chi connectivity index (χ2v) is 9.24. The van der Waals surface area contributed by atoms with Crippen LogP contribution in [0.25, 0.3) is 11.1 Å². The summed E-state index contributed by atoms with van der Waals surface area (Å²) in [4.78, 5) is 31.6. The number of aromatic nitrogens is 1. The summed E-state index contributed by atoms with van der Waals surface area (Å²) in [5.41, 5.74) is 5.69. The molecule has 0 spiro atoms. The molecule has 6 heteroatoms. The standard InChI is InChI=1S/C30H34N2O4/c1-4-32(30(34)24-12-13-24)19-25-15-21(3)11-14-26(25)27-16-23(17-28(33)35-5-2)18-31-29(27)36-20-22-9-7-6-8-10-22/h6-11,14-16,18,24H,4-5,12-13,17,19-20H2,1-3H3. The van der Waals surface area contributed by atoms with E-state index in [1.54, 1.807) is 13.1 Å². The summed E-state index contributed by atoms with van der Waals surface area (Å²) in [6.45, 7) is 7.75. The first-order chi connectivity index (χ1) is 17.5. The molecule has 0 unspecified atom stereocenters. The third kappa shape index (κ3) is 6.51. The van der Waals surface area contributed by atoms with Crippen molar-refractivity contribution >= 4 is 11.9 Å². The van der Waals surface area contributed by atoms with Crippen LogP contribution in [0.2, 0.25) is 0 Å². The molecule has 1 aromatic heterocycles. The van der Waals surface area contributed by atoms with Gasteiger partial charge in [0.05, 0.1) is 13.0 Å². The lowest BCUT2D eigenvalue weighted by molar-refractivity contribution is -0.142. The van der Waals surface area contributed by atoms with Gasteiger partial charge in [0, 0.05) is 30.8 Å². The van der Waals surface area contributed by atoms with E-state index >= 15 is 0 Å². The lowest BCUT2D eigenvalue weighted by atomic mass is 9.96. The zero-order valence-electron chi connectivity index (χ0n) is 21.3. The predicted molar refractivity (Wildman–Crippen MR) is 139 cm³/mol. The van der Waals surface area contributed by atoms with Crippen LogP contribution in [0.5, 0.6) is 5.88 Å². The molecule has 0 aliphatic heterocycles. The Labute approximate surface area is 213 Å². The molecule has 3 aromatic rings. The minimum atomic E-state index is -0.292. The van der Waals surface area contributed by atoms with Gasteiger partial charge in [0.2, 0.25) is 11.8 Å². The monoisotopic (exact) mass is 486 g/mol. The van der Waals surface area contributed by atoms with Crippen molar-refractivity contribution in [3.05, 3.63) is 83.0 Å². The second kappa shape index (κ2) is 11.8. The first-order valence-electron chi connectivity index (χ1n) is 12.7. The highest BCUT2D eigenvalue weighted by atomic mass is 16.5. The third-order valence-electron chi connectivity index (χ3n) is 6.31. The molecule has 1 fully saturated rings. The number of pyridine rings is 1. The molecule has 36 heavy (non-hydrogen) atoms. The van der Waals surface area contributed by atoms with Crippen LogP contribution in [-0.2, 0) is 33.9 Å². The number of carbonyl (C=O) groups is 2. The number of nitrogens with zero attached hydrogens (tertiary/aromatic N) is 2. The smallest absolute Gasteiger partial charge is 0.310 e. The average molecular weight is 487 g/mol. The average Bonchev–Trinajstić information content (AvgIpc) is 3.73. The minimum absolute atomic E-state index is 0.134. The molecular formula is C30H34N2O4. The van der Waals surface area contributed by atoms with Gasteiger partial charge >= 0.3 is 5.97 Å². The Hall–Kier alpha value is -3.67. The molecule has 1 saturated carbocycles. The first kappa shape index (κ1) is 25.4. The number of benzene rings is 2. The quantitative estimate of drug-likeness (QED) is 0.335. The lowest BCUT2D eigenvalue weighted by Crippen LogP contribution is -2.31. The fourth-order valence-corrected chi connectivity index (χ4v) is 4.26. The highest BCUT2D eigenvalue weighted by Gasteiger charge is 2.33. The lowest BCUT2D eigenvalue weighted by Gasteiger charge is -2.23. The van der Waals surface area contributed by atoms with Crippen molar-refractivity contribution < 1.29 is 19.1 Å². The van der Waals surface area contributed by atoms with E-state index in [1.165, 1.54) is 0 Å². The molecule has 0 radical (unpaired) electrons. The van der Waals surface area contributed by atoms with Gasteiger partial charge in [-0.25, -0.2) is 4.98 Å². The van der Waals surface area contributed by atoms with Gasteiger partial charge < -0.3 is 14.4 Å². The minimum Gasteiger partial charge on any atom is -0.472 e. The molecule has 1 heterocycles. The van der Waals surface area contributed by atoms with Crippen molar-refractivity contribution in [2.75, 3.05) is 13.2 Å². The predicted octanol–water partition coefficient (Wildman–Crippen LogP) is 5.50. The maximum Gasteiger partial charge on any atom is 0.310 e. The molecule has 0 bridgehead atoms. The van der Waals surface area contributed by atoms with E-state index in [1.807, 2.05) is 48.2 Å². The maximum atomic E-state index is 12.9. The van der Waals surface area contributed by atoms with Gasteiger partial charge in [-0.1, -0.05) is 54.1 Å². The van der Waals surface area contributed by atoms with Gasteiger partial charge in [0.25, 0.3) is 0 Å². The molecule has 0 N–H and O–H groups in total. The number of rotatable bonds is 11. The number of hydrogen-bond acceptors (Lipinski definition) is 5. The van der Waals surface area contributed by atoms with Crippen molar-refractivity contribution in [3.63, 3.8) is 0 Å². The molecule has 1 aliphatic carbocycles. The molecule has 188 valence electrons. The van der Waals surface area contributed by atoms with Crippen LogP contribution in [0.1, 0.15) is 48.9 Å². The Morgan fingerprint density at radius 3 is 2.47 bits per heavy atom. The van der Waals surface area contributed by atoms with E-state index in [0.29, 0.717) is 32.2 Å². The van der Waals surface area contributed by atoms with E-state index < -0.39 is 0 Å². The zero-order chi connectivity index (χ0) is 25.5. The zero-order valence-corrected chi connectivity index (χ0v) is 21.3. The molecule has 4 rings (SSSR count). The number of hydrogen-bond donors (Lipinski definition) is 0. The number of amides is 1. The van der Waals surface area contributed by atoms with Crippen LogP contribution in [0.15, 0.2) is 60.8 Å². The highest BCUT2D eigenvalue weighted by molar-refractivity contribution is 5.82. The Balaban J connectivity index is 1.70. The molecule has 1 amide bonds. The Morgan fingerprint density at radius 1 is 1.00 bits per heavy atom. The molecule has 1 aliphatic rings. The van der Waals surface area contributed by atoms with Crippen molar-refractivity contribution in [3.8, 4) is 17.0 Å². The molecular weight excluding hydrogens is 452 g/mol. The van der Waals surface area contributed by atoms with Gasteiger partial charge in [-0.3, -0.25) is 9.59 Å². The summed E-state index contributed by atoms with van der Waals surface area (Å²) in [7, 11) is 0. The van der Waals surface area contributed by atoms with Crippen LogP contribution < -0.4 is 4.74 Å². The summed E-state index contributed by atoms with van der Waals surface area (Å²) >= 11 is 0. The molecule has 0 atom stereocenters. The van der Waals surface area contributed by atoms with Crippen molar-refractivity contribution in [2.45, 2.75) is 53.2 Å². The van der Waals surface area contributed by atoms with E-state index in [4.69, 9.17) is 9.47 Å². The Kier molecular flexibility index (Phi) is 8.36. The van der Waals surface area contributed by atoms with Crippen molar-refractivity contribution in [1.29, 1.82) is 0 Å². The van der Waals surface area contributed by atoms with Gasteiger partial charge in [0.15, 0.2) is 0 Å². The number of carbonyl (C=O) groups excluding carboxylic acids is 2. The topological polar surface area (TPSA) is 68.7 Å². The molecule has 6 nitrogen and oxygen atoms in total. The SMILES string of the molecule is CCOC(=O)Cc1cnc(OCc2ccccc2)c(-c2ccc(C)cc2CN(CC)C(=O)C2CC2)c1. The summed E-state index contributed by atoms with van der Waals surface area (Å²) in [5, 5.41) is 0. The summed E-state index contributed by atoms with van der Waals surface area (Å²) in [6.07, 6.45) is 3.76. The van der Waals surface area contributed by atoms with Gasteiger partial charge in [0.1, 0.15) is 6.61 Å². The summed E-state index contributed by atoms with van der Waals surface area (Å²) in [6, 6.07) is 18.1. The van der Waals surface area contributed by atoms with Gasteiger partial charge in [-0.15, -0.1) is 0 Å². The summed E-state index contributed by atoms with van der Waals surface area (Å²) < 4.78 is 11.3. The number of ether oxygens (including phenoxy) is 2. The fraction of sp³-hybridized carbons (Fsp3) is 0.367. The van der Waals surface area contributed by atoms with E-state index in [0.717, 1.165) is 46.2 Å². The Bertz CT molecular complexity index is 1200. The third-order valence-corrected chi connectivity index (χ3v) is 6.31. The maximum absolute atomic E-state index is 12.9. The van der Waals surface area contributed by atoms with Crippen molar-refractivity contribution in [1.82, 2.24) is 9.88 Å². The highest BCUT2D eigenvalue weighted by Crippen LogP contribution is 2.35. The number of esters is 1. The van der Waals surface area contributed by atoms with E-state index in [-0.39, 0.29) is 24.2 Å². The Morgan fingerprint density at radius 2 is 1.78 bits per heavy atom. The van der Waals surface area contributed by atoms with E-state index in [2.05, 4.69) is 30.1 Å². The molecule has 0 saturated heterocycles. The van der Waals surface area contributed by atoms with E-state index in [9.17, 15) is 9.59 Å². The normalized spacial score (nSPS) is 12.8. The largest absolute Gasteiger partial charge is 0.472 e. The van der Waals surface area contributed by atoms with Gasteiger partial charge in [-0.05, 0) is 61.9 Å². The van der Waals surface area contributed by atoms with Crippen molar-refractivity contribution in [2.24, 2.45) is 5.92 Å². The van der Waals surface area contributed by atoms with Crippen LogP contribution in [-0.4, -0.2) is 34.9 Å². The van der Waals surface area contributed by atoms with Crippen LogP contribution >= 0.6 is 0 Å². The summed E-state index contributed by atoms with van der Waals surface area (Å²) in [5.74, 6) is 0.588. The first-order valence-corrected chi connectivity index (χ1v) is 12.7. The fourth-order valence-electron chi connectivity index (χ4n) is 4.26. The number of aryl methyl sites for hydroxylation is 1. The van der Waals surface area contributed by atoms with Crippen LogP contribution in [0.3, 0.4) is 0 Å². The molecule has 2 aromatic carbocycles. The van der Waals surface area contributed by atoms with Crippen LogP contribution in [0, 0.1) is 12.8 Å². The van der Waals surface area contributed by atoms with Crippen LogP contribution in [0.4, 0.5) is 0 Å².